The van der Waals surface area contributed by atoms with Gasteiger partial charge >= 0.3 is 5.63 Å². The summed E-state index contributed by atoms with van der Waals surface area (Å²) in [5.41, 5.74) is -0.197. The molecule has 4 rings (SSSR count). The second kappa shape index (κ2) is 10.1. The van der Waals surface area contributed by atoms with Gasteiger partial charge in [-0.05, 0) is 51.1 Å². The van der Waals surface area contributed by atoms with Gasteiger partial charge in [-0.2, -0.15) is 0 Å². The molecule has 1 saturated heterocycles. The maximum absolute atomic E-state index is 12.7. The SMILES string of the molecule is COc1ccc(C(O)Nc2cc3ccc(OC4OC(C)(C)C(OC)C(O)C4O)c(C)c3oc2=O)cc1. The number of hydrogen-bond acceptors (Lipinski definition) is 10. The Bertz CT molecular complexity index is 1270. The molecule has 0 saturated carbocycles. The molecule has 1 aromatic heterocycles. The molecule has 0 radical (unpaired) electrons. The Kier molecular flexibility index (Phi) is 7.26. The van der Waals surface area contributed by atoms with Crippen LogP contribution in [0.1, 0.15) is 31.2 Å². The molecule has 1 fully saturated rings. The first-order valence-corrected chi connectivity index (χ1v) is 11.4. The maximum atomic E-state index is 12.7. The van der Waals surface area contributed by atoms with Crippen LogP contribution in [0.3, 0.4) is 0 Å². The number of fused-ring (bicyclic) bond motifs is 1. The van der Waals surface area contributed by atoms with Gasteiger partial charge < -0.3 is 44.0 Å². The molecule has 2 heterocycles. The normalized spacial score (nSPS) is 24.3. The first-order chi connectivity index (χ1) is 17.1. The van der Waals surface area contributed by atoms with Crippen LogP contribution < -0.4 is 20.4 Å². The van der Waals surface area contributed by atoms with Crippen LogP contribution in [0.2, 0.25) is 0 Å². The van der Waals surface area contributed by atoms with E-state index < -0.39 is 42.1 Å². The lowest BCUT2D eigenvalue weighted by atomic mass is 9.89. The molecule has 1 aliphatic rings. The number of anilines is 1. The van der Waals surface area contributed by atoms with E-state index in [2.05, 4.69) is 5.32 Å². The zero-order chi connectivity index (χ0) is 26.2. The molecular weight excluding hydrogens is 470 g/mol. The van der Waals surface area contributed by atoms with E-state index >= 15 is 0 Å². The second-order valence-corrected chi connectivity index (χ2v) is 9.22. The van der Waals surface area contributed by atoms with Gasteiger partial charge in [0.2, 0.25) is 6.29 Å². The fourth-order valence-corrected chi connectivity index (χ4v) is 4.38. The van der Waals surface area contributed by atoms with Crippen LogP contribution in [0.4, 0.5) is 5.69 Å². The molecule has 10 nitrogen and oxygen atoms in total. The zero-order valence-electron chi connectivity index (χ0n) is 20.7. The van der Waals surface area contributed by atoms with Crippen LogP contribution in [-0.2, 0) is 9.47 Å². The smallest absolute Gasteiger partial charge is 0.359 e. The van der Waals surface area contributed by atoms with Gasteiger partial charge in [-0.15, -0.1) is 0 Å². The van der Waals surface area contributed by atoms with Crippen LogP contribution in [0, 0.1) is 6.92 Å². The fraction of sp³-hybridized carbons (Fsp3) is 0.423. The number of hydrogen-bond donors (Lipinski definition) is 4. The molecule has 0 aliphatic carbocycles. The Balaban J connectivity index is 1.57. The highest BCUT2D eigenvalue weighted by Gasteiger charge is 2.50. The van der Waals surface area contributed by atoms with E-state index in [0.717, 1.165) is 0 Å². The van der Waals surface area contributed by atoms with E-state index in [9.17, 15) is 20.1 Å². The van der Waals surface area contributed by atoms with E-state index in [1.54, 1.807) is 70.3 Å². The number of aliphatic hydroxyl groups is 3. The number of rotatable bonds is 7. The topological polar surface area (TPSA) is 140 Å². The van der Waals surface area contributed by atoms with Gasteiger partial charge in [0, 0.05) is 23.6 Å². The molecular formula is C26H31NO9. The molecule has 4 N–H and O–H groups in total. The van der Waals surface area contributed by atoms with Crippen LogP contribution >= 0.6 is 0 Å². The third-order valence-electron chi connectivity index (χ3n) is 6.37. The quantitative estimate of drug-likeness (QED) is 0.282. The highest BCUT2D eigenvalue weighted by Crippen LogP contribution is 2.35. The number of benzene rings is 2. The molecule has 3 aromatic rings. The summed E-state index contributed by atoms with van der Waals surface area (Å²) < 4.78 is 27.7. The molecule has 2 aromatic carbocycles. The van der Waals surface area contributed by atoms with Crippen molar-refractivity contribution in [1.82, 2.24) is 0 Å². The fourth-order valence-electron chi connectivity index (χ4n) is 4.38. The first-order valence-electron chi connectivity index (χ1n) is 11.4. The minimum atomic E-state index is -1.36. The number of nitrogens with one attached hydrogen (secondary N) is 1. The Labute approximate surface area is 208 Å². The molecule has 5 unspecified atom stereocenters. The molecule has 0 amide bonds. The minimum absolute atomic E-state index is 0.0837. The maximum Gasteiger partial charge on any atom is 0.359 e. The van der Waals surface area contributed by atoms with Crippen LogP contribution in [0.5, 0.6) is 11.5 Å². The Hall–Kier alpha value is -3.15. The Morgan fingerprint density at radius 1 is 1.06 bits per heavy atom. The molecule has 0 bridgehead atoms. The van der Waals surface area contributed by atoms with Crippen molar-refractivity contribution in [3.05, 3.63) is 64.0 Å². The average molecular weight is 502 g/mol. The van der Waals surface area contributed by atoms with Crippen molar-refractivity contribution >= 4 is 16.7 Å². The van der Waals surface area contributed by atoms with Gasteiger partial charge in [-0.25, -0.2) is 4.79 Å². The van der Waals surface area contributed by atoms with Crippen molar-refractivity contribution in [3.63, 3.8) is 0 Å². The van der Waals surface area contributed by atoms with E-state index in [1.165, 1.54) is 7.11 Å². The lowest BCUT2D eigenvalue weighted by molar-refractivity contribution is -0.306. The predicted octanol–water partition coefficient (Wildman–Crippen LogP) is 2.46. The third kappa shape index (κ3) is 4.91. The van der Waals surface area contributed by atoms with Crippen molar-refractivity contribution in [1.29, 1.82) is 0 Å². The molecule has 10 heteroatoms. The summed E-state index contributed by atoms with van der Waals surface area (Å²) in [5, 5.41) is 34.9. The molecule has 194 valence electrons. The van der Waals surface area contributed by atoms with Crippen molar-refractivity contribution < 1.29 is 38.7 Å². The van der Waals surface area contributed by atoms with Gasteiger partial charge in [0.25, 0.3) is 0 Å². The number of ether oxygens (including phenoxy) is 4. The monoisotopic (exact) mass is 501 g/mol. The summed E-state index contributed by atoms with van der Waals surface area (Å²) in [7, 11) is 2.98. The van der Waals surface area contributed by atoms with Crippen molar-refractivity contribution in [2.75, 3.05) is 19.5 Å². The number of aliphatic hydroxyl groups excluding tert-OH is 3. The van der Waals surface area contributed by atoms with Crippen LogP contribution in [0.15, 0.2) is 51.7 Å². The van der Waals surface area contributed by atoms with Crippen LogP contribution in [-0.4, -0.2) is 59.7 Å². The Morgan fingerprint density at radius 2 is 1.75 bits per heavy atom. The molecule has 0 spiro atoms. The van der Waals surface area contributed by atoms with Gasteiger partial charge in [-0.1, -0.05) is 12.1 Å². The predicted molar refractivity (Wildman–Crippen MR) is 131 cm³/mol. The van der Waals surface area contributed by atoms with E-state index in [4.69, 9.17) is 23.4 Å². The molecule has 1 aliphatic heterocycles. The summed E-state index contributed by atoms with van der Waals surface area (Å²) in [6.45, 7) is 5.16. The lowest BCUT2D eigenvalue weighted by Gasteiger charge is -2.46. The minimum Gasteiger partial charge on any atom is -0.497 e. The van der Waals surface area contributed by atoms with E-state index in [1.807, 2.05) is 0 Å². The second-order valence-electron chi connectivity index (χ2n) is 9.22. The standard InChI is InChI=1S/C26H31NO9/c1-13-18(34-25-20(29)19(28)22(33-5)26(2,3)36-25)11-8-15-12-17(24(31)35-21(13)15)27-23(30)14-6-9-16(32-4)10-7-14/h6-12,19-20,22-23,25,27-30H,1-5H3. The summed E-state index contributed by atoms with van der Waals surface area (Å²) in [4.78, 5) is 12.7. The lowest BCUT2D eigenvalue weighted by Crippen LogP contribution is -2.63. The van der Waals surface area contributed by atoms with E-state index in [0.29, 0.717) is 28.0 Å². The molecule has 36 heavy (non-hydrogen) atoms. The van der Waals surface area contributed by atoms with Gasteiger partial charge in [0.15, 0.2) is 6.23 Å². The van der Waals surface area contributed by atoms with Crippen molar-refractivity contribution in [2.24, 2.45) is 0 Å². The molecule has 5 atom stereocenters. The zero-order valence-corrected chi connectivity index (χ0v) is 20.7. The largest absolute Gasteiger partial charge is 0.497 e. The summed E-state index contributed by atoms with van der Waals surface area (Å²) >= 11 is 0. The highest BCUT2D eigenvalue weighted by atomic mass is 16.7. The van der Waals surface area contributed by atoms with Crippen LogP contribution in [0.25, 0.3) is 11.0 Å². The van der Waals surface area contributed by atoms with Gasteiger partial charge in [0.1, 0.15) is 41.1 Å². The average Bonchev–Trinajstić information content (AvgIpc) is 2.85. The third-order valence-corrected chi connectivity index (χ3v) is 6.37. The van der Waals surface area contributed by atoms with Crippen molar-refractivity contribution in [2.45, 2.75) is 57.2 Å². The summed E-state index contributed by atoms with van der Waals surface area (Å²) in [6, 6.07) is 11.7. The van der Waals surface area contributed by atoms with Gasteiger partial charge in [-0.3, -0.25) is 0 Å². The first kappa shape index (κ1) is 25.9. The highest BCUT2D eigenvalue weighted by molar-refractivity contribution is 5.84. The number of methoxy groups -OCH3 is 2. The van der Waals surface area contributed by atoms with Crippen molar-refractivity contribution in [3.8, 4) is 11.5 Å². The Morgan fingerprint density at radius 3 is 2.39 bits per heavy atom. The van der Waals surface area contributed by atoms with E-state index in [-0.39, 0.29) is 11.3 Å². The summed E-state index contributed by atoms with van der Waals surface area (Å²) in [6.07, 6.45) is -5.66. The van der Waals surface area contributed by atoms with Gasteiger partial charge in [0.05, 0.1) is 12.7 Å². The number of aryl methyl sites for hydroxylation is 1. The summed E-state index contributed by atoms with van der Waals surface area (Å²) in [5.74, 6) is 0.958.